The zero-order valence-electron chi connectivity index (χ0n) is 15.5. The zero-order chi connectivity index (χ0) is 18.8. The molecule has 2 N–H and O–H groups in total. The number of aromatic nitrogens is 4. The van der Waals surface area contributed by atoms with Crippen LogP contribution in [0.5, 0.6) is 0 Å². The molecular weight excluding hydrogens is 440 g/mol. The van der Waals surface area contributed by atoms with E-state index in [0.29, 0.717) is 34.5 Å². The third-order valence-corrected chi connectivity index (χ3v) is 4.90. The Morgan fingerprint density at radius 2 is 1.90 bits per heavy atom. The Morgan fingerprint density at radius 1 is 1.14 bits per heavy atom. The lowest BCUT2D eigenvalue weighted by Gasteiger charge is -2.29. The lowest BCUT2D eigenvalue weighted by Crippen LogP contribution is -3.00. The largest absolute Gasteiger partial charge is 1.00 e. The first-order valence-corrected chi connectivity index (χ1v) is 9.11. The Labute approximate surface area is 185 Å². The maximum absolute atomic E-state index is 13.4. The Balaban J connectivity index is 0.00000150. The van der Waals surface area contributed by atoms with Crippen molar-refractivity contribution in [3.63, 3.8) is 0 Å². The fourth-order valence-electron chi connectivity index (χ4n) is 3.06. The van der Waals surface area contributed by atoms with Crippen LogP contribution in [0.25, 0.3) is 11.0 Å². The highest BCUT2D eigenvalue weighted by Crippen LogP contribution is 2.25. The highest BCUT2D eigenvalue weighted by molar-refractivity contribution is 6.31. The van der Waals surface area contributed by atoms with Crippen LogP contribution in [0.4, 0.5) is 21.8 Å². The number of halogens is 4. The van der Waals surface area contributed by atoms with Crippen LogP contribution in [0.15, 0.2) is 30.7 Å². The number of hydrogen-bond acceptors (Lipinski definition) is 7. The molecule has 0 aliphatic carbocycles. The third-order valence-electron chi connectivity index (χ3n) is 4.61. The number of hydrogen-bond donors (Lipinski definition) is 2. The van der Waals surface area contributed by atoms with Gasteiger partial charge in [0.05, 0.1) is 11.2 Å². The van der Waals surface area contributed by atoms with E-state index < -0.39 is 5.82 Å². The molecule has 1 fully saturated rings. The summed E-state index contributed by atoms with van der Waals surface area (Å²) in [6.07, 6.45) is 5.19. The van der Waals surface area contributed by atoms with Gasteiger partial charge in [-0.05, 0) is 51.2 Å². The molecule has 1 aliphatic heterocycles. The molecule has 1 aromatic carbocycles. The number of benzene rings is 1. The number of nitrogens with zero attached hydrogens (tertiary/aromatic N) is 5. The number of rotatable bonds is 4. The molecule has 4 rings (SSSR count). The van der Waals surface area contributed by atoms with E-state index >= 15 is 0 Å². The highest BCUT2D eigenvalue weighted by atomic mass is 35.5. The first-order valence-electron chi connectivity index (χ1n) is 8.73. The molecule has 3 aromatic rings. The molecule has 0 amide bonds. The topological polar surface area (TPSA) is 78.9 Å². The summed E-state index contributed by atoms with van der Waals surface area (Å²) in [4.78, 5) is 19.8. The van der Waals surface area contributed by atoms with Gasteiger partial charge in [0.15, 0.2) is 5.82 Å². The predicted molar refractivity (Wildman–Crippen MR) is 104 cm³/mol. The van der Waals surface area contributed by atoms with Crippen LogP contribution in [0.1, 0.15) is 12.8 Å². The molecule has 11 heteroatoms. The van der Waals surface area contributed by atoms with Gasteiger partial charge in [0, 0.05) is 11.7 Å². The molecule has 156 valence electrons. The summed E-state index contributed by atoms with van der Waals surface area (Å²) in [6.45, 7) is 2.10. The summed E-state index contributed by atoms with van der Waals surface area (Å²) in [5.74, 6) is 0.588. The van der Waals surface area contributed by atoms with Crippen LogP contribution in [0.3, 0.4) is 0 Å². The standard InChI is InChI=1S/C18H19ClFN7.2ClH/c1-27-6-4-11(5-7-27)25-18-21-9-15-16(26-18)17(23-10-22-15)24-12-2-3-14(20)13(19)8-12;;/h2-3,8-11H,4-7H2,1H3,(H,21,25,26)(H,22,23,24);2*1H/p-2. The van der Waals surface area contributed by atoms with E-state index in [-0.39, 0.29) is 29.8 Å². The third kappa shape index (κ3) is 5.54. The Bertz CT molecular complexity index is 967. The predicted octanol–water partition coefficient (Wildman–Crippen LogP) is -2.53. The SMILES string of the molecule is CN1CCC(Nc2ncc3ncnc(Nc4ccc(F)c(Cl)c4)c3n2)CC1.[Cl-].[Cl-]. The van der Waals surface area contributed by atoms with Crippen molar-refractivity contribution in [3.05, 3.63) is 41.6 Å². The Morgan fingerprint density at radius 3 is 2.62 bits per heavy atom. The van der Waals surface area contributed by atoms with Gasteiger partial charge in [0.2, 0.25) is 5.95 Å². The van der Waals surface area contributed by atoms with Crippen molar-refractivity contribution in [2.45, 2.75) is 18.9 Å². The lowest BCUT2D eigenvalue weighted by atomic mass is 10.1. The number of anilines is 3. The summed E-state index contributed by atoms with van der Waals surface area (Å²) in [7, 11) is 2.12. The second-order valence-corrected chi connectivity index (χ2v) is 7.03. The van der Waals surface area contributed by atoms with Crippen molar-refractivity contribution in [1.29, 1.82) is 0 Å². The molecule has 3 heterocycles. The molecule has 0 saturated carbocycles. The average molecular weight is 459 g/mol. The van der Waals surface area contributed by atoms with Crippen LogP contribution in [0, 0.1) is 5.82 Å². The summed E-state index contributed by atoms with van der Waals surface area (Å²) in [5, 5.41) is 6.56. The molecule has 2 aromatic heterocycles. The van der Waals surface area contributed by atoms with Crippen LogP contribution >= 0.6 is 11.6 Å². The van der Waals surface area contributed by atoms with E-state index in [4.69, 9.17) is 11.6 Å². The van der Waals surface area contributed by atoms with Crippen LogP contribution in [-0.4, -0.2) is 51.0 Å². The molecular formula is C18H19Cl3FN7-2. The van der Waals surface area contributed by atoms with Crippen molar-refractivity contribution in [2.75, 3.05) is 30.8 Å². The minimum atomic E-state index is -0.471. The molecule has 0 bridgehead atoms. The molecule has 0 radical (unpaired) electrons. The van der Waals surface area contributed by atoms with E-state index in [9.17, 15) is 4.39 Å². The first kappa shape index (κ1) is 23.3. The number of likely N-dealkylation sites (tertiary alicyclic amines) is 1. The summed E-state index contributed by atoms with van der Waals surface area (Å²) >= 11 is 5.86. The normalized spacial score (nSPS) is 14.7. The highest BCUT2D eigenvalue weighted by Gasteiger charge is 2.18. The van der Waals surface area contributed by atoms with Crippen molar-refractivity contribution < 1.29 is 29.2 Å². The summed E-state index contributed by atoms with van der Waals surface area (Å²) < 4.78 is 13.4. The second kappa shape index (κ2) is 10.2. The van der Waals surface area contributed by atoms with Gasteiger partial charge in [0.1, 0.15) is 23.2 Å². The van der Waals surface area contributed by atoms with Crippen molar-refractivity contribution >= 4 is 40.1 Å². The number of piperidine rings is 1. The number of nitrogens with one attached hydrogen (secondary N) is 2. The van der Waals surface area contributed by atoms with E-state index in [0.717, 1.165) is 25.9 Å². The molecule has 29 heavy (non-hydrogen) atoms. The van der Waals surface area contributed by atoms with Gasteiger partial charge in [-0.25, -0.2) is 24.3 Å². The average Bonchev–Trinajstić information content (AvgIpc) is 2.67. The van der Waals surface area contributed by atoms with Crippen LogP contribution < -0.4 is 35.4 Å². The van der Waals surface area contributed by atoms with E-state index in [1.54, 1.807) is 12.3 Å². The molecule has 7 nitrogen and oxygen atoms in total. The smallest absolute Gasteiger partial charge is 0.223 e. The fourth-order valence-corrected chi connectivity index (χ4v) is 3.24. The second-order valence-electron chi connectivity index (χ2n) is 6.63. The fraction of sp³-hybridized carbons (Fsp3) is 0.333. The summed E-state index contributed by atoms with van der Waals surface area (Å²) in [6, 6.07) is 4.74. The lowest BCUT2D eigenvalue weighted by molar-refractivity contribution is -0.00100. The zero-order valence-corrected chi connectivity index (χ0v) is 17.8. The summed E-state index contributed by atoms with van der Waals surface area (Å²) in [5.41, 5.74) is 1.82. The Hall–Kier alpha value is -2.00. The molecule has 0 spiro atoms. The van der Waals surface area contributed by atoms with Crippen molar-refractivity contribution in [1.82, 2.24) is 24.8 Å². The van der Waals surface area contributed by atoms with Gasteiger partial charge in [-0.3, -0.25) is 0 Å². The van der Waals surface area contributed by atoms with Gasteiger partial charge in [0.25, 0.3) is 0 Å². The van der Waals surface area contributed by atoms with Crippen LogP contribution in [0.2, 0.25) is 5.02 Å². The van der Waals surface area contributed by atoms with Crippen molar-refractivity contribution in [2.24, 2.45) is 0 Å². The maximum atomic E-state index is 13.4. The van der Waals surface area contributed by atoms with Gasteiger partial charge in [-0.15, -0.1) is 0 Å². The van der Waals surface area contributed by atoms with Gasteiger partial charge < -0.3 is 40.3 Å². The minimum Gasteiger partial charge on any atom is -1.00 e. The molecule has 1 aliphatic rings. The molecule has 0 unspecified atom stereocenters. The first-order chi connectivity index (χ1) is 13.1. The number of fused-ring (bicyclic) bond motifs is 1. The van der Waals surface area contributed by atoms with E-state index in [2.05, 4.69) is 42.5 Å². The van der Waals surface area contributed by atoms with E-state index in [1.165, 1.54) is 18.5 Å². The van der Waals surface area contributed by atoms with E-state index in [1.807, 2.05) is 0 Å². The maximum Gasteiger partial charge on any atom is 0.223 e. The van der Waals surface area contributed by atoms with Gasteiger partial charge in [-0.2, -0.15) is 0 Å². The van der Waals surface area contributed by atoms with Crippen molar-refractivity contribution in [3.8, 4) is 0 Å². The Kier molecular flexibility index (Phi) is 8.15. The molecule has 1 saturated heterocycles. The molecule has 0 atom stereocenters. The van der Waals surface area contributed by atoms with Gasteiger partial charge >= 0.3 is 0 Å². The minimum absolute atomic E-state index is 0. The monoisotopic (exact) mass is 457 g/mol. The van der Waals surface area contributed by atoms with Crippen LogP contribution in [-0.2, 0) is 0 Å². The quantitative estimate of drug-likeness (QED) is 0.446. The van der Waals surface area contributed by atoms with Gasteiger partial charge in [-0.1, -0.05) is 11.6 Å².